The SMILES string of the molecule is CCCCCCCNCc1cc(Cl)cc(OC)c1OCc1ccccc1.Cl. The van der Waals surface area contributed by atoms with Crippen molar-refractivity contribution in [3.05, 3.63) is 58.6 Å². The van der Waals surface area contributed by atoms with E-state index in [1.54, 1.807) is 13.2 Å². The van der Waals surface area contributed by atoms with Crippen LogP contribution in [0.1, 0.15) is 50.2 Å². The van der Waals surface area contributed by atoms with Crippen LogP contribution < -0.4 is 14.8 Å². The highest BCUT2D eigenvalue weighted by molar-refractivity contribution is 6.30. The third-order valence-corrected chi connectivity index (χ3v) is 4.53. The first-order chi connectivity index (χ1) is 12.7. The quantitative estimate of drug-likeness (QED) is 0.409. The lowest BCUT2D eigenvalue weighted by Crippen LogP contribution is -2.16. The molecule has 0 aliphatic rings. The fraction of sp³-hybridized carbons (Fsp3) is 0.455. The molecule has 0 heterocycles. The Morgan fingerprint density at radius 2 is 1.74 bits per heavy atom. The van der Waals surface area contributed by atoms with Crippen molar-refractivity contribution in [3.8, 4) is 11.5 Å². The Morgan fingerprint density at radius 3 is 2.44 bits per heavy atom. The second-order valence-electron chi connectivity index (χ2n) is 6.46. The van der Waals surface area contributed by atoms with Gasteiger partial charge in [0, 0.05) is 23.2 Å². The predicted octanol–water partition coefficient (Wildman–Crippen LogP) is 6.41. The summed E-state index contributed by atoms with van der Waals surface area (Å²) in [5, 5.41) is 4.16. The van der Waals surface area contributed by atoms with Gasteiger partial charge >= 0.3 is 0 Å². The molecule has 0 aliphatic carbocycles. The molecule has 0 atom stereocenters. The number of halogens is 2. The first kappa shape index (κ1) is 23.6. The predicted molar refractivity (Wildman–Crippen MR) is 116 cm³/mol. The Balaban J connectivity index is 0.00000364. The highest BCUT2D eigenvalue weighted by Crippen LogP contribution is 2.35. The molecule has 1 N–H and O–H groups in total. The van der Waals surface area contributed by atoms with Gasteiger partial charge in [0.05, 0.1) is 7.11 Å². The Hall–Kier alpha value is -1.42. The van der Waals surface area contributed by atoms with Crippen molar-refractivity contribution >= 4 is 24.0 Å². The molecule has 150 valence electrons. The maximum Gasteiger partial charge on any atom is 0.166 e. The third-order valence-electron chi connectivity index (χ3n) is 4.32. The van der Waals surface area contributed by atoms with Gasteiger partial charge in [0.1, 0.15) is 6.61 Å². The average molecular weight is 412 g/mol. The van der Waals surface area contributed by atoms with Crippen molar-refractivity contribution in [2.75, 3.05) is 13.7 Å². The molecule has 0 saturated heterocycles. The fourth-order valence-electron chi connectivity index (χ4n) is 2.88. The summed E-state index contributed by atoms with van der Waals surface area (Å²) in [6.45, 7) is 4.45. The Bertz CT molecular complexity index is 650. The molecule has 0 saturated carbocycles. The second kappa shape index (κ2) is 13.7. The van der Waals surface area contributed by atoms with Crippen LogP contribution in [0.3, 0.4) is 0 Å². The minimum atomic E-state index is 0. The van der Waals surface area contributed by atoms with Crippen LogP contribution in [-0.2, 0) is 13.2 Å². The van der Waals surface area contributed by atoms with E-state index in [0.717, 1.165) is 30.0 Å². The van der Waals surface area contributed by atoms with Crippen LogP contribution in [0.4, 0.5) is 0 Å². The number of rotatable bonds is 12. The van der Waals surface area contributed by atoms with Crippen LogP contribution in [-0.4, -0.2) is 13.7 Å². The van der Waals surface area contributed by atoms with E-state index in [0.29, 0.717) is 17.4 Å². The van der Waals surface area contributed by atoms with Crippen LogP contribution >= 0.6 is 24.0 Å². The minimum absolute atomic E-state index is 0. The minimum Gasteiger partial charge on any atom is -0.493 e. The van der Waals surface area contributed by atoms with E-state index >= 15 is 0 Å². The first-order valence-corrected chi connectivity index (χ1v) is 9.86. The van der Waals surface area contributed by atoms with Gasteiger partial charge in [-0.25, -0.2) is 0 Å². The molecule has 0 bridgehead atoms. The Morgan fingerprint density at radius 1 is 1.00 bits per heavy atom. The molecule has 2 aromatic rings. The van der Waals surface area contributed by atoms with E-state index in [1.807, 2.05) is 24.3 Å². The van der Waals surface area contributed by atoms with Crippen molar-refractivity contribution in [1.29, 1.82) is 0 Å². The summed E-state index contributed by atoms with van der Waals surface area (Å²) in [4.78, 5) is 0. The molecule has 3 nitrogen and oxygen atoms in total. The highest BCUT2D eigenvalue weighted by Gasteiger charge is 2.13. The maximum atomic E-state index is 6.25. The third kappa shape index (κ3) is 8.42. The lowest BCUT2D eigenvalue weighted by atomic mass is 10.1. The molecule has 0 fully saturated rings. The maximum absolute atomic E-state index is 6.25. The van der Waals surface area contributed by atoms with Crippen LogP contribution in [0.2, 0.25) is 5.02 Å². The molecule has 0 spiro atoms. The van der Waals surface area contributed by atoms with Crippen LogP contribution in [0, 0.1) is 0 Å². The summed E-state index contributed by atoms with van der Waals surface area (Å²) in [5.41, 5.74) is 2.15. The number of methoxy groups -OCH3 is 1. The standard InChI is InChI=1S/C22H30ClNO2.ClH/c1-3-4-5-6-10-13-24-16-19-14-20(23)15-21(25-2)22(19)26-17-18-11-8-7-9-12-18;/h7-9,11-12,14-15,24H,3-6,10,13,16-17H2,1-2H3;1H. The largest absolute Gasteiger partial charge is 0.493 e. The molecule has 2 rings (SSSR count). The summed E-state index contributed by atoms with van der Waals surface area (Å²) in [6, 6.07) is 13.9. The summed E-state index contributed by atoms with van der Waals surface area (Å²) in [7, 11) is 1.64. The number of benzene rings is 2. The first-order valence-electron chi connectivity index (χ1n) is 9.48. The molecule has 0 aliphatic heterocycles. The fourth-order valence-corrected chi connectivity index (χ4v) is 3.11. The van der Waals surface area contributed by atoms with Crippen molar-refractivity contribution in [2.24, 2.45) is 0 Å². The topological polar surface area (TPSA) is 30.5 Å². The van der Waals surface area contributed by atoms with Crippen LogP contribution in [0.15, 0.2) is 42.5 Å². The monoisotopic (exact) mass is 411 g/mol. The Labute approximate surface area is 174 Å². The summed E-state index contributed by atoms with van der Waals surface area (Å²) < 4.78 is 11.6. The molecule has 0 radical (unpaired) electrons. The van der Waals surface area contributed by atoms with Gasteiger partial charge in [-0.2, -0.15) is 0 Å². The number of ether oxygens (including phenoxy) is 2. The van der Waals surface area contributed by atoms with E-state index in [-0.39, 0.29) is 12.4 Å². The van der Waals surface area contributed by atoms with Gasteiger partial charge in [0.25, 0.3) is 0 Å². The van der Waals surface area contributed by atoms with Gasteiger partial charge in [-0.1, -0.05) is 74.5 Å². The van der Waals surface area contributed by atoms with Crippen molar-refractivity contribution in [3.63, 3.8) is 0 Å². The smallest absolute Gasteiger partial charge is 0.166 e. The van der Waals surface area contributed by atoms with Gasteiger partial charge in [-0.05, 0) is 24.6 Å². The van der Waals surface area contributed by atoms with Crippen molar-refractivity contribution in [2.45, 2.75) is 52.2 Å². The van der Waals surface area contributed by atoms with E-state index in [4.69, 9.17) is 21.1 Å². The molecule has 0 amide bonds. The molecular formula is C22H31Cl2NO2. The summed E-state index contributed by atoms with van der Waals surface area (Å²) in [6.07, 6.45) is 6.38. The van der Waals surface area contributed by atoms with Crippen molar-refractivity contribution in [1.82, 2.24) is 5.32 Å². The van der Waals surface area contributed by atoms with E-state index in [2.05, 4.69) is 24.4 Å². The van der Waals surface area contributed by atoms with Gasteiger partial charge < -0.3 is 14.8 Å². The normalized spacial score (nSPS) is 10.3. The number of nitrogens with one attached hydrogen (secondary N) is 1. The van der Waals surface area contributed by atoms with Crippen LogP contribution in [0.5, 0.6) is 11.5 Å². The summed E-state index contributed by atoms with van der Waals surface area (Å²) in [5.74, 6) is 1.44. The van der Waals surface area contributed by atoms with Gasteiger partial charge in [-0.3, -0.25) is 0 Å². The zero-order valence-electron chi connectivity index (χ0n) is 16.3. The van der Waals surface area contributed by atoms with Gasteiger partial charge in [-0.15, -0.1) is 12.4 Å². The molecule has 2 aromatic carbocycles. The zero-order chi connectivity index (χ0) is 18.6. The Kier molecular flexibility index (Phi) is 12.0. The molecular weight excluding hydrogens is 381 g/mol. The lowest BCUT2D eigenvalue weighted by Gasteiger charge is -2.16. The van der Waals surface area contributed by atoms with Crippen molar-refractivity contribution < 1.29 is 9.47 Å². The molecule has 27 heavy (non-hydrogen) atoms. The molecule has 0 aromatic heterocycles. The number of hydrogen-bond acceptors (Lipinski definition) is 3. The van der Waals surface area contributed by atoms with E-state index in [1.165, 1.54) is 32.1 Å². The zero-order valence-corrected chi connectivity index (χ0v) is 17.9. The summed E-state index contributed by atoms with van der Waals surface area (Å²) >= 11 is 6.25. The average Bonchev–Trinajstić information content (AvgIpc) is 2.66. The number of hydrogen-bond donors (Lipinski definition) is 1. The highest BCUT2D eigenvalue weighted by atomic mass is 35.5. The van der Waals surface area contributed by atoms with E-state index in [9.17, 15) is 0 Å². The van der Waals surface area contributed by atoms with Gasteiger partial charge in [0.15, 0.2) is 11.5 Å². The number of unbranched alkanes of at least 4 members (excludes halogenated alkanes) is 4. The second-order valence-corrected chi connectivity index (χ2v) is 6.90. The lowest BCUT2D eigenvalue weighted by molar-refractivity contribution is 0.280. The van der Waals surface area contributed by atoms with Crippen LogP contribution in [0.25, 0.3) is 0 Å². The molecule has 5 heteroatoms. The molecule has 0 unspecified atom stereocenters. The van der Waals surface area contributed by atoms with Gasteiger partial charge in [0.2, 0.25) is 0 Å². The van der Waals surface area contributed by atoms with E-state index < -0.39 is 0 Å².